The first-order chi connectivity index (χ1) is 17.7. The van der Waals surface area contributed by atoms with Crippen LogP contribution in [-0.4, -0.2) is 73.9 Å². The molecule has 0 saturated carbocycles. The molecule has 1 heterocycles. The maximum Gasteiger partial charge on any atom is 0.338 e. The molecule has 0 aliphatic carbocycles. The number of carbonyl (C=O) groups is 1. The lowest BCUT2D eigenvalue weighted by Gasteiger charge is -2.39. The summed E-state index contributed by atoms with van der Waals surface area (Å²) < 4.78 is 16.4. The van der Waals surface area contributed by atoms with Gasteiger partial charge in [-0.05, 0) is 59.7 Å². The average Bonchev–Trinajstić information content (AvgIpc) is 2.88. The van der Waals surface area contributed by atoms with Gasteiger partial charge >= 0.3 is 5.97 Å². The second-order valence-corrected chi connectivity index (χ2v) is 8.46. The van der Waals surface area contributed by atoms with E-state index in [-0.39, 0.29) is 28.6 Å². The van der Waals surface area contributed by atoms with Crippen molar-refractivity contribution in [3.8, 4) is 23.0 Å². The number of hydrogen-bond acceptors (Lipinski definition) is 10. The molecule has 3 aromatic rings. The molecule has 10 heteroatoms. The summed E-state index contributed by atoms with van der Waals surface area (Å²) >= 11 is 0. The van der Waals surface area contributed by atoms with Crippen LogP contribution in [0, 0.1) is 0 Å². The minimum Gasteiger partial charge on any atom is -0.508 e. The van der Waals surface area contributed by atoms with E-state index in [2.05, 4.69) is 0 Å². The molecule has 0 aromatic heterocycles. The molecule has 10 nitrogen and oxygen atoms in total. The van der Waals surface area contributed by atoms with E-state index in [0.29, 0.717) is 5.56 Å². The largest absolute Gasteiger partial charge is 0.508 e. The molecule has 0 unspecified atom stereocenters. The maximum absolute atomic E-state index is 12.2. The van der Waals surface area contributed by atoms with E-state index in [4.69, 9.17) is 14.2 Å². The fourth-order valence-corrected chi connectivity index (χ4v) is 3.67. The summed E-state index contributed by atoms with van der Waals surface area (Å²) in [7, 11) is 0. The summed E-state index contributed by atoms with van der Waals surface area (Å²) in [4.78, 5) is 12.2. The van der Waals surface area contributed by atoms with Crippen molar-refractivity contribution in [2.24, 2.45) is 0 Å². The highest BCUT2D eigenvalue weighted by atomic mass is 16.7. The van der Waals surface area contributed by atoms with Crippen LogP contribution < -0.4 is 4.74 Å². The number of rotatable bonds is 7. The Morgan fingerprint density at radius 2 is 1.38 bits per heavy atom. The number of benzene rings is 3. The Hall–Kier alpha value is -4.09. The summed E-state index contributed by atoms with van der Waals surface area (Å²) in [5.74, 6) is -0.652. The smallest absolute Gasteiger partial charge is 0.338 e. The third-order valence-electron chi connectivity index (χ3n) is 5.68. The van der Waals surface area contributed by atoms with Gasteiger partial charge in [0, 0.05) is 6.07 Å². The molecule has 194 valence electrons. The lowest BCUT2D eigenvalue weighted by atomic mass is 9.99. The second-order valence-electron chi connectivity index (χ2n) is 8.46. The number of carbonyl (C=O) groups excluding carboxylic acids is 1. The van der Waals surface area contributed by atoms with Gasteiger partial charge in [-0.2, -0.15) is 0 Å². The number of hydrogen-bond donors (Lipinski definition) is 6. The zero-order valence-electron chi connectivity index (χ0n) is 19.4. The van der Waals surface area contributed by atoms with Crippen molar-refractivity contribution in [2.75, 3.05) is 6.61 Å². The quantitative estimate of drug-likeness (QED) is 0.204. The van der Waals surface area contributed by atoms with E-state index < -0.39 is 43.3 Å². The van der Waals surface area contributed by atoms with E-state index in [1.54, 1.807) is 30.4 Å². The van der Waals surface area contributed by atoms with Gasteiger partial charge in [-0.25, -0.2) is 4.79 Å². The number of aromatic hydroxyl groups is 3. The highest BCUT2D eigenvalue weighted by molar-refractivity contribution is 5.89. The van der Waals surface area contributed by atoms with Crippen LogP contribution >= 0.6 is 0 Å². The number of aliphatic hydroxyl groups is 3. The Labute approximate surface area is 211 Å². The molecule has 6 N–H and O–H groups in total. The van der Waals surface area contributed by atoms with Gasteiger partial charge in [-0.15, -0.1) is 0 Å². The van der Waals surface area contributed by atoms with Crippen LogP contribution in [0.2, 0.25) is 0 Å². The van der Waals surface area contributed by atoms with Crippen molar-refractivity contribution < 1.29 is 49.6 Å². The molecule has 1 aliphatic rings. The molecule has 37 heavy (non-hydrogen) atoms. The SMILES string of the molecule is O=C(OC[C@H]1O[C@@H](Oc2cc(O)cc(/C=C/c3ccc(O)cc3)c2)[C@H](O)[C@@H](O)[C@@H]1O)c1ccc(O)cc1. The molecular weight excluding hydrogens is 484 g/mol. The van der Waals surface area contributed by atoms with E-state index in [1.807, 2.05) is 0 Å². The number of aliphatic hydroxyl groups excluding tert-OH is 3. The third-order valence-corrected chi connectivity index (χ3v) is 5.68. The fourth-order valence-electron chi connectivity index (χ4n) is 3.67. The predicted molar refractivity (Wildman–Crippen MR) is 131 cm³/mol. The van der Waals surface area contributed by atoms with E-state index >= 15 is 0 Å². The maximum atomic E-state index is 12.2. The summed E-state index contributed by atoms with van der Waals surface area (Å²) in [6.45, 7) is -0.453. The molecule has 5 atom stereocenters. The van der Waals surface area contributed by atoms with Gasteiger partial charge < -0.3 is 44.8 Å². The first-order valence-electron chi connectivity index (χ1n) is 11.3. The van der Waals surface area contributed by atoms with Gasteiger partial charge in [-0.3, -0.25) is 0 Å². The number of phenolic OH excluding ortho intramolecular Hbond substituents is 3. The van der Waals surface area contributed by atoms with Gasteiger partial charge in [0.25, 0.3) is 0 Å². The second kappa shape index (κ2) is 11.3. The molecule has 0 spiro atoms. The minimum absolute atomic E-state index is 0.0226. The Bertz CT molecular complexity index is 1240. The van der Waals surface area contributed by atoms with Crippen molar-refractivity contribution in [1.29, 1.82) is 0 Å². The van der Waals surface area contributed by atoms with Crippen LogP contribution in [-0.2, 0) is 9.47 Å². The molecule has 0 amide bonds. The van der Waals surface area contributed by atoms with E-state index in [0.717, 1.165) is 5.56 Å². The van der Waals surface area contributed by atoms with Gasteiger partial charge in [-0.1, -0.05) is 24.3 Å². The van der Waals surface area contributed by atoms with Crippen LogP contribution in [0.4, 0.5) is 0 Å². The molecule has 4 rings (SSSR count). The Balaban J connectivity index is 1.43. The van der Waals surface area contributed by atoms with Crippen LogP contribution in [0.3, 0.4) is 0 Å². The molecule has 0 bridgehead atoms. The lowest BCUT2D eigenvalue weighted by molar-refractivity contribution is -0.277. The lowest BCUT2D eigenvalue weighted by Crippen LogP contribution is -2.60. The van der Waals surface area contributed by atoms with Crippen LogP contribution in [0.15, 0.2) is 66.7 Å². The van der Waals surface area contributed by atoms with Crippen molar-refractivity contribution in [3.63, 3.8) is 0 Å². The zero-order chi connectivity index (χ0) is 26.5. The summed E-state index contributed by atoms with van der Waals surface area (Å²) in [5.41, 5.74) is 1.51. The molecule has 1 saturated heterocycles. The van der Waals surface area contributed by atoms with Gasteiger partial charge in [0.15, 0.2) is 0 Å². The van der Waals surface area contributed by atoms with Gasteiger partial charge in [0.1, 0.15) is 54.0 Å². The summed E-state index contributed by atoms with van der Waals surface area (Å²) in [6.07, 6.45) is -4.11. The van der Waals surface area contributed by atoms with Gasteiger partial charge in [0.05, 0.1) is 5.56 Å². The van der Waals surface area contributed by atoms with Crippen LogP contribution in [0.1, 0.15) is 21.5 Å². The molecule has 1 aliphatic heterocycles. The van der Waals surface area contributed by atoms with Gasteiger partial charge in [0.2, 0.25) is 6.29 Å². The normalized spacial score (nSPS) is 23.6. The summed E-state index contributed by atoms with van der Waals surface area (Å²) in [5, 5.41) is 59.9. The van der Waals surface area contributed by atoms with E-state index in [1.165, 1.54) is 48.5 Å². The van der Waals surface area contributed by atoms with E-state index in [9.17, 15) is 35.4 Å². The highest BCUT2D eigenvalue weighted by Crippen LogP contribution is 2.29. The molecule has 1 fully saturated rings. The predicted octanol–water partition coefficient (Wildman–Crippen LogP) is 2.02. The third kappa shape index (κ3) is 6.57. The summed E-state index contributed by atoms with van der Waals surface area (Å²) in [6, 6.07) is 16.2. The van der Waals surface area contributed by atoms with Crippen LogP contribution in [0.5, 0.6) is 23.0 Å². The Morgan fingerprint density at radius 3 is 2.05 bits per heavy atom. The molecular formula is C27H26O10. The topological polar surface area (TPSA) is 166 Å². The Kier molecular flexibility index (Phi) is 7.95. The molecule has 0 radical (unpaired) electrons. The van der Waals surface area contributed by atoms with Crippen molar-refractivity contribution in [1.82, 2.24) is 0 Å². The number of esters is 1. The monoisotopic (exact) mass is 510 g/mol. The number of phenols is 3. The van der Waals surface area contributed by atoms with Crippen LogP contribution in [0.25, 0.3) is 12.2 Å². The van der Waals surface area contributed by atoms with Crippen molar-refractivity contribution >= 4 is 18.1 Å². The zero-order valence-corrected chi connectivity index (χ0v) is 19.4. The standard InChI is InChI=1S/C27H26O10/c28-18-7-3-15(4-8-18)1-2-16-11-20(30)13-21(12-16)36-27-25(33)24(32)23(31)22(37-27)14-35-26(34)17-5-9-19(29)10-6-17/h1-13,22-25,27-33H,14H2/b2-1+/t22-,23-,24+,25-,27-/m1/s1. The van der Waals surface area contributed by atoms with Crippen molar-refractivity contribution in [2.45, 2.75) is 30.7 Å². The molecule has 3 aromatic carbocycles. The highest BCUT2D eigenvalue weighted by Gasteiger charge is 2.45. The first-order valence-corrected chi connectivity index (χ1v) is 11.3. The average molecular weight is 510 g/mol. The first kappa shape index (κ1) is 26.0. The number of ether oxygens (including phenoxy) is 3. The Morgan fingerprint density at radius 1 is 0.757 bits per heavy atom. The minimum atomic E-state index is -1.66. The fraction of sp³-hybridized carbons (Fsp3) is 0.222. The van der Waals surface area contributed by atoms with Crippen molar-refractivity contribution in [3.05, 3.63) is 83.4 Å².